The maximum Gasteiger partial charge on any atom is 0.254 e. The molecule has 178 valence electrons. The number of rotatable bonds is 7. The van der Waals surface area contributed by atoms with Crippen LogP contribution in [0.5, 0.6) is 0 Å². The number of imidazole rings is 1. The van der Waals surface area contributed by atoms with Crippen molar-refractivity contribution in [3.63, 3.8) is 0 Å². The molecule has 0 spiro atoms. The molecule has 1 N–H and O–H groups in total. The Labute approximate surface area is 214 Å². The average Bonchev–Trinajstić information content (AvgIpc) is 3.26. The smallest absolute Gasteiger partial charge is 0.254 e. The molecule has 1 aromatic heterocycles. The Hall–Kier alpha value is -3.61. The van der Waals surface area contributed by atoms with E-state index in [1.54, 1.807) is 36.4 Å². The molecule has 1 heterocycles. The molecule has 2 amide bonds. The van der Waals surface area contributed by atoms with Crippen LogP contribution in [0, 0.1) is 6.92 Å². The fourth-order valence-electron chi connectivity index (χ4n) is 3.64. The van der Waals surface area contributed by atoms with Gasteiger partial charge < -0.3 is 4.90 Å². The molecule has 0 atom stereocenters. The fourth-order valence-corrected chi connectivity index (χ4v) is 3.89. The van der Waals surface area contributed by atoms with E-state index in [2.05, 4.69) is 10.3 Å². The van der Waals surface area contributed by atoms with Gasteiger partial charge in [-0.05, 0) is 67.9 Å². The van der Waals surface area contributed by atoms with Gasteiger partial charge in [-0.3, -0.25) is 19.5 Å². The Bertz CT molecular complexity index is 1350. The Kier molecular flexibility index (Phi) is 7.54. The van der Waals surface area contributed by atoms with E-state index in [1.807, 2.05) is 61.0 Å². The molecule has 0 aliphatic rings. The van der Waals surface area contributed by atoms with Crippen molar-refractivity contribution in [2.45, 2.75) is 13.8 Å². The van der Waals surface area contributed by atoms with Gasteiger partial charge in [0, 0.05) is 39.6 Å². The highest BCUT2D eigenvalue weighted by Gasteiger charge is 2.20. The van der Waals surface area contributed by atoms with Gasteiger partial charge in [0.05, 0.1) is 5.69 Å². The number of nitrogens with one attached hydrogen (secondary N) is 1. The van der Waals surface area contributed by atoms with Gasteiger partial charge in [0.2, 0.25) is 11.9 Å². The maximum atomic E-state index is 13.0. The van der Waals surface area contributed by atoms with E-state index >= 15 is 0 Å². The number of benzene rings is 3. The van der Waals surface area contributed by atoms with E-state index < -0.39 is 0 Å². The number of hydrogen-bond acceptors (Lipinski definition) is 3. The third-order valence-electron chi connectivity index (χ3n) is 5.47. The number of carbonyl (C=O) groups excluding carboxylic acids is 2. The molecule has 0 radical (unpaired) electrons. The van der Waals surface area contributed by atoms with Crippen molar-refractivity contribution in [3.05, 3.63) is 100 Å². The largest absolute Gasteiger partial charge is 0.330 e. The summed E-state index contributed by atoms with van der Waals surface area (Å²) in [7, 11) is 0. The summed E-state index contributed by atoms with van der Waals surface area (Å²) in [5, 5.41) is 4.06. The van der Waals surface area contributed by atoms with Gasteiger partial charge in [-0.2, -0.15) is 0 Å². The van der Waals surface area contributed by atoms with Crippen LogP contribution in [0.15, 0.2) is 79.0 Å². The van der Waals surface area contributed by atoms with Crippen molar-refractivity contribution in [1.82, 2.24) is 14.5 Å². The second-order valence-electron chi connectivity index (χ2n) is 8.04. The van der Waals surface area contributed by atoms with Gasteiger partial charge in [-0.15, -0.1) is 0 Å². The second kappa shape index (κ2) is 10.8. The van der Waals surface area contributed by atoms with Crippen LogP contribution in [-0.2, 0) is 4.79 Å². The standard InChI is InChI=1S/C27H24Cl2N4O2/c1-3-32(26(35)20-9-13-22(29)14-10-20)17-25(34)31-27-30-24(19-7-11-21(28)12-8-19)16-33(27)23-6-4-5-18(2)15-23/h4-16H,3,17H2,1-2H3,(H,30,31,34). The lowest BCUT2D eigenvalue weighted by molar-refractivity contribution is -0.116. The number of amides is 2. The molecule has 0 fully saturated rings. The van der Waals surface area contributed by atoms with Crippen LogP contribution in [-0.4, -0.2) is 39.4 Å². The number of nitrogens with zero attached hydrogens (tertiary/aromatic N) is 3. The van der Waals surface area contributed by atoms with E-state index in [0.717, 1.165) is 16.8 Å². The minimum absolute atomic E-state index is 0.116. The quantitative estimate of drug-likeness (QED) is 0.321. The molecule has 6 nitrogen and oxygen atoms in total. The zero-order valence-electron chi connectivity index (χ0n) is 19.3. The first kappa shape index (κ1) is 24.5. The van der Waals surface area contributed by atoms with Crippen LogP contribution in [0.4, 0.5) is 5.95 Å². The van der Waals surface area contributed by atoms with Crippen molar-refractivity contribution < 1.29 is 9.59 Å². The van der Waals surface area contributed by atoms with Crippen LogP contribution in [0.1, 0.15) is 22.8 Å². The third-order valence-corrected chi connectivity index (χ3v) is 5.98. The monoisotopic (exact) mass is 506 g/mol. The number of anilines is 1. The Morgan fingerprint density at radius 1 is 0.971 bits per heavy atom. The minimum Gasteiger partial charge on any atom is -0.330 e. The second-order valence-corrected chi connectivity index (χ2v) is 8.91. The molecule has 0 saturated carbocycles. The van der Waals surface area contributed by atoms with E-state index in [4.69, 9.17) is 23.2 Å². The first-order chi connectivity index (χ1) is 16.8. The average molecular weight is 507 g/mol. The van der Waals surface area contributed by atoms with Gasteiger partial charge in [-0.1, -0.05) is 47.5 Å². The van der Waals surface area contributed by atoms with Crippen LogP contribution in [0.25, 0.3) is 16.9 Å². The summed E-state index contributed by atoms with van der Waals surface area (Å²) in [6.07, 6.45) is 1.87. The molecule has 0 bridgehead atoms. The summed E-state index contributed by atoms with van der Waals surface area (Å²) in [6.45, 7) is 4.08. The van der Waals surface area contributed by atoms with Gasteiger partial charge in [0.25, 0.3) is 5.91 Å². The summed E-state index contributed by atoms with van der Waals surface area (Å²) in [4.78, 5) is 32.0. The summed E-state index contributed by atoms with van der Waals surface area (Å²) < 4.78 is 1.83. The topological polar surface area (TPSA) is 67.2 Å². The highest BCUT2D eigenvalue weighted by Crippen LogP contribution is 2.26. The molecule has 4 aromatic rings. The molecular formula is C27H24Cl2N4O2. The first-order valence-electron chi connectivity index (χ1n) is 11.1. The Morgan fingerprint density at radius 3 is 2.26 bits per heavy atom. The number of halogens is 2. The van der Waals surface area contributed by atoms with Crippen molar-refractivity contribution in [3.8, 4) is 16.9 Å². The predicted octanol–water partition coefficient (Wildman–Crippen LogP) is 6.26. The fraction of sp³-hybridized carbons (Fsp3) is 0.148. The summed E-state index contributed by atoms with van der Waals surface area (Å²) in [6, 6.07) is 21.8. The molecule has 8 heteroatoms. The van der Waals surface area contributed by atoms with E-state index in [1.165, 1.54) is 4.90 Å². The van der Waals surface area contributed by atoms with Gasteiger partial charge >= 0.3 is 0 Å². The number of likely N-dealkylation sites (N-methyl/N-ethyl adjacent to an activating group) is 1. The molecule has 0 aliphatic carbocycles. The number of carbonyl (C=O) groups is 2. The van der Waals surface area contributed by atoms with Crippen molar-refractivity contribution >= 4 is 41.0 Å². The molecule has 35 heavy (non-hydrogen) atoms. The lowest BCUT2D eigenvalue weighted by Crippen LogP contribution is -2.38. The maximum absolute atomic E-state index is 13.0. The molecule has 0 aliphatic heterocycles. The highest BCUT2D eigenvalue weighted by atomic mass is 35.5. The van der Waals surface area contributed by atoms with Crippen molar-refractivity contribution in [1.29, 1.82) is 0 Å². The zero-order valence-corrected chi connectivity index (χ0v) is 20.8. The zero-order chi connectivity index (χ0) is 24.9. The van der Waals surface area contributed by atoms with Crippen molar-refractivity contribution in [2.75, 3.05) is 18.4 Å². The number of aryl methyl sites for hydroxylation is 1. The van der Waals surface area contributed by atoms with Crippen molar-refractivity contribution in [2.24, 2.45) is 0 Å². The third kappa shape index (κ3) is 5.91. The predicted molar refractivity (Wildman–Crippen MR) is 140 cm³/mol. The number of aromatic nitrogens is 2. The summed E-state index contributed by atoms with van der Waals surface area (Å²) in [5.41, 5.74) is 3.95. The lowest BCUT2D eigenvalue weighted by Gasteiger charge is -2.20. The summed E-state index contributed by atoms with van der Waals surface area (Å²) in [5.74, 6) is -0.236. The number of hydrogen-bond donors (Lipinski definition) is 1. The lowest BCUT2D eigenvalue weighted by atomic mass is 10.2. The van der Waals surface area contributed by atoms with Gasteiger partial charge in [0.1, 0.15) is 6.54 Å². The molecule has 4 rings (SSSR count). The van der Waals surface area contributed by atoms with Crippen LogP contribution >= 0.6 is 23.2 Å². The molecular weight excluding hydrogens is 483 g/mol. The van der Waals surface area contributed by atoms with Crippen LogP contribution in [0.2, 0.25) is 10.0 Å². The molecule has 0 saturated heterocycles. The Balaban J connectivity index is 1.60. The van der Waals surface area contributed by atoms with E-state index in [0.29, 0.717) is 33.8 Å². The van der Waals surface area contributed by atoms with Gasteiger partial charge in [0.15, 0.2) is 0 Å². The van der Waals surface area contributed by atoms with E-state index in [-0.39, 0.29) is 18.4 Å². The van der Waals surface area contributed by atoms with E-state index in [9.17, 15) is 9.59 Å². The summed E-state index contributed by atoms with van der Waals surface area (Å²) >= 11 is 12.0. The SMILES string of the molecule is CCN(CC(=O)Nc1nc(-c2ccc(Cl)cc2)cn1-c1cccc(C)c1)C(=O)c1ccc(Cl)cc1. The molecule has 3 aromatic carbocycles. The van der Waals surface area contributed by atoms with Crippen LogP contribution in [0.3, 0.4) is 0 Å². The highest BCUT2D eigenvalue weighted by molar-refractivity contribution is 6.31. The normalized spacial score (nSPS) is 10.7. The van der Waals surface area contributed by atoms with Gasteiger partial charge in [-0.25, -0.2) is 4.98 Å². The first-order valence-corrected chi connectivity index (χ1v) is 11.9. The Morgan fingerprint density at radius 2 is 1.63 bits per heavy atom. The molecule has 0 unspecified atom stereocenters. The minimum atomic E-state index is -0.351. The van der Waals surface area contributed by atoms with Crippen LogP contribution < -0.4 is 5.32 Å².